The molecule has 1 aliphatic rings. The molecule has 1 aromatic heterocycles. The van der Waals surface area contributed by atoms with Crippen LogP contribution in [0.4, 0.5) is 11.1 Å². The zero-order valence-electron chi connectivity index (χ0n) is 7.71. The Kier molecular flexibility index (Phi) is 2.11. The van der Waals surface area contributed by atoms with Crippen molar-refractivity contribution in [2.45, 2.75) is 38.1 Å². The van der Waals surface area contributed by atoms with Gasteiger partial charge in [-0.2, -0.15) is 9.36 Å². The molecule has 1 heterocycles. The lowest BCUT2D eigenvalue weighted by Gasteiger charge is -2.14. The van der Waals surface area contributed by atoms with Gasteiger partial charge in [0.15, 0.2) is 0 Å². The van der Waals surface area contributed by atoms with Crippen LogP contribution in [0.15, 0.2) is 0 Å². The Morgan fingerprint density at radius 1 is 1.62 bits per heavy atom. The second-order valence-electron chi connectivity index (χ2n) is 3.61. The van der Waals surface area contributed by atoms with Gasteiger partial charge in [0.2, 0.25) is 11.1 Å². The highest BCUT2D eigenvalue weighted by molar-refractivity contribution is 7.09. The van der Waals surface area contributed by atoms with Crippen LogP contribution in [-0.4, -0.2) is 14.9 Å². The van der Waals surface area contributed by atoms with Crippen LogP contribution in [0.25, 0.3) is 0 Å². The van der Waals surface area contributed by atoms with E-state index in [9.17, 15) is 0 Å². The van der Waals surface area contributed by atoms with Gasteiger partial charge >= 0.3 is 0 Å². The molecule has 0 aliphatic heterocycles. The fourth-order valence-electron chi connectivity index (χ4n) is 1.58. The molecule has 5 heteroatoms. The van der Waals surface area contributed by atoms with Gasteiger partial charge in [-0.1, -0.05) is 13.3 Å². The van der Waals surface area contributed by atoms with E-state index < -0.39 is 0 Å². The number of nitrogens with one attached hydrogen (secondary N) is 1. The average Bonchev–Trinajstić information content (AvgIpc) is 2.70. The minimum absolute atomic E-state index is 0.320. The van der Waals surface area contributed by atoms with E-state index in [0.29, 0.717) is 11.5 Å². The monoisotopic (exact) mass is 198 g/mol. The van der Waals surface area contributed by atoms with E-state index in [4.69, 9.17) is 5.73 Å². The normalized spacial score (nSPS) is 18.5. The predicted octanol–water partition coefficient (Wildman–Crippen LogP) is 1.86. The first kappa shape index (κ1) is 8.74. The quantitative estimate of drug-likeness (QED) is 0.775. The predicted molar refractivity (Wildman–Crippen MR) is 54.8 cm³/mol. The smallest absolute Gasteiger partial charge is 0.233 e. The second kappa shape index (κ2) is 3.14. The maximum atomic E-state index is 5.44. The van der Waals surface area contributed by atoms with Gasteiger partial charge in [-0.05, 0) is 19.3 Å². The largest absolute Gasteiger partial charge is 0.367 e. The summed E-state index contributed by atoms with van der Waals surface area (Å²) in [6.45, 7) is 2.20. The van der Waals surface area contributed by atoms with Crippen molar-refractivity contribution >= 4 is 22.6 Å². The number of aromatic nitrogens is 2. The number of anilines is 2. The highest BCUT2D eigenvalue weighted by Crippen LogP contribution is 2.43. The molecule has 72 valence electrons. The van der Waals surface area contributed by atoms with Crippen molar-refractivity contribution < 1.29 is 0 Å². The summed E-state index contributed by atoms with van der Waals surface area (Å²) in [7, 11) is 0. The molecule has 1 aliphatic carbocycles. The first-order valence-electron chi connectivity index (χ1n) is 4.61. The molecule has 0 aromatic carbocycles. The Hall–Kier alpha value is -0.840. The summed E-state index contributed by atoms with van der Waals surface area (Å²) < 4.78 is 3.93. The van der Waals surface area contributed by atoms with Crippen molar-refractivity contribution in [3.8, 4) is 0 Å². The highest BCUT2D eigenvalue weighted by Gasteiger charge is 2.42. The van der Waals surface area contributed by atoms with Crippen LogP contribution in [0.1, 0.15) is 32.6 Å². The molecular formula is C8H14N4S. The third kappa shape index (κ3) is 1.91. The van der Waals surface area contributed by atoms with Crippen LogP contribution < -0.4 is 11.1 Å². The molecule has 0 spiro atoms. The summed E-state index contributed by atoms with van der Waals surface area (Å²) in [5.41, 5.74) is 5.76. The number of nitrogen functional groups attached to an aromatic ring is 1. The Morgan fingerprint density at radius 2 is 2.38 bits per heavy atom. The standard InChI is InChI=1S/C8H14N4S/c1-2-3-8(4-5-8)11-7-10-6(9)12-13-7/h2-5H2,1H3,(H3,9,10,11,12). The second-order valence-corrected chi connectivity index (χ2v) is 4.36. The molecule has 0 bridgehead atoms. The Labute approximate surface area is 81.7 Å². The summed E-state index contributed by atoms with van der Waals surface area (Å²) in [6, 6.07) is 0. The molecule has 0 unspecified atom stereocenters. The van der Waals surface area contributed by atoms with Gasteiger partial charge in [0.1, 0.15) is 0 Å². The summed E-state index contributed by atoms with van der Waals surface area (Å²) in [5, 5.41) is 4.28. The lowest BCUT2D eigenvalue weighted by molar-refractivity contribution is 0.638. The molecule has 0 atom stereocenters. The molecule has 4 nitrogen and oxygen atoms in total. The summed E-state index contributed by atoms with van der Waals surface area (Å²) in [6.07, 6.45) is 4.93. The van der Waals surface area contributed by atoms with Crippen molar-refractivity contribution in [1.29, 1.82) is 0 Å². The van der Waals surface area contributed by atoms with Gasteiger partial charge in [0.05, 0.1) is 0 Å². The molecule has 2 rings (SSSR count). The highest BCUT2D eigenvalue weighted by atomic mass is 32.1. The molecule has 1 aromatic rings. The molecule has 3 N–H and O–H groups in total. The van der Waals surface area contributed by atoms with E-state index in [0.717, 1.165) is 5.13 Å². The average molecular weight is 198 g/mol. The summed E-state index contributed by atoms with van der Waals surface area (Å²) in [4.78, 5) is 4.09. The van der Waals surface area contributed by atoms with Gasteiger partial charge in [0, 0.05) is 17.1 Å². The fraction of sp³-hybridized carbons (Fsp3) is 0.750. The number of rotatable bonds is 4. The van der Waals surface area contributed by atoms with E-state index in [2.05, 4.69) is 21.6 Å². The zero-order valence-corrected chi connectivity index (χ0v) is 8.52. The SMILES string of the molecule is CCCC1(Nc2nc(N)ns2)CC1. The van der Waals surface area contributed by atoms with Crippen LogP contribution in [0.5, 0.6) is 0 Å². The molecular weight excluding hydrogens is 184 g/mol. The van der Waals surface area contributed by atoms with Gasteiger partial charge < -0.3 is 11.1 Å². The third-order valence-electron chi connectivity index (χ3n) is 2.40. The molecule has 0 saturated heterocycles. The molecule has 13 heavy (non-hydrogen) atoms. The Morgan fingerprint density at radius 3 is 2.85 bits per heavy atom. The van der Waals surface area contributed by atoms with Crippen molar-refractivity contribution in [1.82, 2.24) is 9.36 Å². The fourth-order valence-corrected chi connectivity index (χ4v) is 2.20. The number of nitrogens with zero attached hydrogens (tertiary/aromatic N) is 2. The topological polar surface area (TPSA) is 63.8 Å². The maximum Gasteiger partial charge on any atom is 0.233 e. The minimum Gasteiger partial charge on any atom is -0.367 e. The van der Waals surface area contributed by atoms with Crippen LogP contribution >= 0.6 is 11.5 Å². The van der Waals surface area contributed by atoms with Crippen LogP contribution in [0.2, 0.25) is 0 Å². The third-order valence-corrected chi connectivity index (χ3v) is 3.04. The van der Waals surface area contributed by atoms with E-state index in [1.54, 1.807) is 0 Å². The number of nitrogens with two attached hydrogens (primary N) is 1. The van der Waals surface area contributed by atoms with Gasteiger partial charge in [-0.15, -0.1) is 0 Å². The van der Waals surface area contributed by atoms with E-state index >= 15 is 0 Å². The lowest BCUT2D eigenvalue weighted by atomic mass is 10.1. The molecule has 0 radical (unpaired) electrons. The molecule has 1 saturated carbocycles. The Bertz CT molecular complexity index is 292. The summed E-state index contributed by atoms with van der Waals surface area (Å²) in [5.74, 6) is 0.375. The first-order chi connectivity index (χ1) is 6.24. The minimum atomic E-state index is 0.320. The van der Waals surface area contributed by atoms with Gasteiger partial charge in [0.25, 0.3) is 0 Å². The van der Waals surface area contributed by atoms with Crippen molar-refractivity contribution in [2.24, 2.45) is 0 Å². The van der Waals surface area contributed by atoms with E-state index in [-0.39, 0.29) is 0 Å². The number of hydrogen-bond acceptors (Lipinski definition) is 5. The van der Waals surface area contributed by atoms with Crippen LogP contribution in [-0.2, 0) is 0 Å². The van der Waals surface area contributed by atoms with Gasteiger partial charge in [-0.25, -0.2) is 0 Å². The first-order valence-corrected chi connectivity index (χ1v) is 5.39. The van der Waals surface area contributed by atoms with Crippen molar-refractivity contribution in [3.63, 3.8) is 0 Å². The van der Waals surface area contributed by atoms with Crippen molar-refractivity contribution in [3.05, 3.63) is 0 Å². The maximum absolute atomic E-state index is 5.44. The Balaban J connectivity index is 1.98. The van der Waals surface area contributed by atoms with Gasteiger partial charge in [-0.3, -0.25) is 0 Å². The van der Waals surface area contributed by atoms with E-state index in [1.807, 2.05) is 0 Å². The zero-order chi connectivity index (χ0) is 9.31. The summed E-state index contributed by atoms with van der Waals surface area (Å²) >= 11 is 1.35. The van der Waals surface area contributed by atoms with Crippen molar-refractivity contribution in [2.75, 3.05) is 11.1 Å². The number of hydrogen-bond donors (Lipinski definition) is 2. The molecule has 1 fully saturated rings. The van der Waals surface area contributed by atoms with Crippen LogP contribution in [0, 0.1) is 0 Å². The van der Waals surface area contributed by atoms with Crippen LogP contribution in [0.3, 0.4) is 0 Å². The lowest BCUT2D eigenvalue weighted by Crippen LogP contribution is -2.20. The molecule has 0 amide bonds. The van der Waals surface area contributed by atoms with E-state index in [1.165, 1.54) is 37.2 Å².